The number of phenolic OH excluding ortho intramolecular Hbond substituents is 2. The van der Waals surface area contributed by atoms with Crippen LogP contribution in [0.2, 0.25) is 0 Å². The van der Waals surface area contributed by atoms with Crippen molar-refractivity contribution in [3.05, 3.63) is 23.8 Å². The highest BCUT2D eigenvalue weighted by Crippen LogP contribution is 2.53. The summed E-state index contributed by atoms with van der Waals surface area (Å²) in [5.74, 6) is -1.18. The van der Waals surface area contributed by atoms with Gasteiger partial charge >= 0.3 is 5.97 Å². The maximum atomic E-state index is 11.6. The largest absolute Gasteiger partial charge is 0.508 e. The summed E-state index contributed by atoms with van der Waals surface area (Å²) < 4.78 is 4.16. The summed E-state index contributed by atoms with van der Waals surface area (Å²) in [7, 11) is 0. The van der Waals surface area contributed by atoms with Crippen molar-refractivity contribution >= 4 is 29.2 Å². The minimum absolute atomic E-state index is 0.00167. The number of esters is 1. The van der Waals surface area contributed by atoms with Crippen LogP contribution in [-0.2, 0) is 4.74 Å². The maximum Gasteiger partial charge on any atom is 0.341 e. The van der Waals surface area contributed by atoms with Gasteiger partial charge in [-0.05, 0) is 18.6 Å². The van der Waals surface area contributed by atoms with Crippen molar-refractivity contribution in [3.8, 4) is 11.5 Å². The Morgan fingerprint density at radius 3 is 2.65 bits per heavy atom. The molecule has 0 saturated heterocycles. The van der Waals surface area contributed by atoms with E-state index in [0.717, 1.165) is 6.07 Å². The summed E-state index contributed by atoms with van der Waals surface area (Å²) in [5.41, 5.74) is -0.00167. The summed E-state index contributed by atoms with van der Waals surface area (Å²) in [6, 6.07) is 3.65. The van der Waals surface area contributed by atoms with Crippen LogP contribution in [0.5, 0.6) is 11.5 Å². The van der Waals surface area contributed by atoms with E-state index in [-0.39, 0.29) is 29.6 Å². The molecule has 0 radical (unpaired) electrons. The van der Waals surface area contributed by atoms with Gasteiger partial charge in [0, 0.05) is 12.0 Å². The Hall–Kier alpha value is -1.13. The van der Waals surface area contributed by atoms with Gasteiger partial charge in [0.1, 0.15) is 21.4 Å². The van der Waals surface area contributed by atoms with Crippen molar-refractivity contribution in [3.63, 3.8) is 0 Å². The van der Waals surface area contributed by atoms with Crippen LogP contribution in [0, 0.1) is 5.92 Å². The lowest BCUT2D eigenvalue weighted by Gasteiger charge is -2.06. The fraction of sp³-hybridized carbons (Fsp3) is 0.364. The number of rotatable bonds is 3. The SMILES string of the molecule is O=C(OCC1CC1(Cl)Cl)c1ccc(O)cc1O. The summed E-state index contributed by atoms with van der Waals surface area (Å²) in [4.78, 5) is 11.6. The predicted octanol–water partition coefficient (Wildman–Crippen LogP) is 2.45. The van der Waals surface area contributed by atoms with Gasteiger partial charge in [-0.1, -0.05) is 0 Å². The average Bonchev–Trinajstić information content (AvgIpc) is 2.83. The molecule has 6 heteroatoms. The van der Waals surface area contributed by atoms with Crippen molar-refractivity contribution in [2.45, 2.75) is 10.8 Å². The molecule has 1 fully saturated rings. The summed E-state index contributed by atoms with van der Waals surface area (Å²) in [5, 5.41) is 18.5. The molecule has 17 heavy (non-hydrogen) atoms. The second-order valence-corrected chi connectivity index (χ2v) is 5.50. The first-order chi connectivity index (χ1) is 7.90. The lowest BCUT2D eigenvalue weighted by molar-refractivity contribution is 0.0482. The first-order valence-corrected chi connectivity index (χ1v) is 5.72. The molecular formula is C11H10Cl2O4. The molecule has 92 valence electrons. The van der Waals surface area contributed by atoms with Crippen LogP contribution in [0.25, 0.3) is 0 Å². The Morgan fingerprint density at radius 2 is 2.12 bits per heavy atom. The van der Waals surface area contributed by atoms with Gasteiger partial charge in [0.2, 0.25) is 0 Å². The number of carbonyl (C=O) groups excluding carboxylic acids is 1. The summed E-state index contributed by atoms with van der Waals surface area (Å²) in [6.07, 6.45) is 0.588. The van der Waals surface area contributed by atoms with Crippen LogP contribution in [0.15, 0.2) is 18.2 Å². The zero-order chi connectivity index (χ0) is 12.6. The standard InChI is InChI=1S/C11H10Cl2O4/c12-11(13)4-6(11)5-17-10(16)8-2-1-7(14)3-9(8)15/h1-3,6,14-15H,4-5H2. The monoisotopic (exact) mass is 276 g/mol. The second kappa shape index (κ2) is 4.27. The molecule has 1 unspecified atom stereocenters. The fourth-order valence-corrected chi connectivity index (χ4v) is 1.90. The molecule has 0 spiro atoms. The highest BCUT2D eigenvalue weighted by molar-refractivity contribution is 6.50. The first-order valence-electron chi connectivity index (χ1n) is 4.97. The average molecular weight is 277 g/mol. The van der Waals surface area contributed by atoms with E-state index >= 15 is 0 Å². The van der Waals surface area contributed by atoms with Crippen LogP contribution in [0.4, 0.5) is 0 Å². The van der Waals surface area contributed by atoms with Crippen LogP contribution in [-0.4, -0.2) is 27.1 Å². The molecule has 4 nitrogen and oxygen atoms in total. The molecule has 0 aliphatic heterocycles. The molecule has 1 aliphatic rings. The van der Waals surface area contributed by atoms with E-state index in [2.05, 4.69) is 0 Å². The van der Waals surface area contributed by atoms with Gasteiger partial charge in [-0.15, -0.1) is 23.2 Å². The molecule has 1 aromatic rings. The summed E-state index contributed by atoms with van der Waals surface area (Å²) >= 11 is 11.6. The molecule has 1 aromatic carbocycles. The van der Waals surface area contributed by atoms with Gasteiger partial charge in [0.05, 0.1) is 6.61 Å². The Bertz CT molecular complexity index is 459. The van der Waals surface area contributed by atoms with E-state index in [1.807, 2.05) is 0 Å². The first kappa shape index (κ1) is 12.3. The van der Waals surface area contributed by atoms with Crippen molar-refractivity contribution in [1.82, 2.24) is 0 Å². The molecule has 0 bridgehead atoms. The number of benzene rings is 1. The molecule has 1 aliphatic carbocycles. The van der Waals surface area contributed by atoms with Crippen molar-refractivity contribution < 1.29 is 19.7 Å². The highest BCUT2D eigenvalue weighted by Gasteiger charge is 2.52. The predicted molar refractivity (Wildman–Crippen MR) is 62.6 cm³/mol. The van der Waals surface area contributed by atoms with E-state index < -0.39 is 10.3 Å². The number of alkyl halides is 2. The number of hydrogen-bond donors (Lipinski definition) is 2. The lowest BCUT2D eigenvalue weighted by Crippen LogP contribution is -2.09. The third-order valence-corrected chi connectivity index (χ3v) is 3.50. The zero-order valence-electron chi connectivity index (χ0n) is 8.69. The smallest absolute Gasteiger partial charge is 0.341 e. The lowest BCUT2D eigenvalue weighted by atomic mass is 10.2. The normalized spacial score (nSPS) is 20.9. The van der Waals surface area contributed by atoms with Gasteiger partial charge in [-0.3, -0.25) is 0 Å². The van der Waals surface area contributed by atoms with E-state index in [9.17, 15) is 9.90 Å². The number of phenols is 2. The van der Waals surface area contributed by atoms with Crippen LogP contribution in [0.1, 0.15) is 16.8 Å². The summed E-state index contributed by atoms with van der Waals surface area (Å²) in [6.45, 7) is 0.117. The van der Waals surface area contributed by atoms with Gasteiger partial charge < -0.3 is 14.9 Å². The third-order valence-electron chi connectivity index (χ3n) is 2.57. The van der Waals surface area contributed by atoms with Crippen LogP contribution >= 0.6 is 23.2 Å². The van der Waals surface area contributed by atoms with Gasteiger partial charge in [-0.25, -0.2) is 4.79 Å². The molecule has 2 rings (SSSR count). The van der Waals surface area contributed by atoms with Gasteiger partial charge in [-0.2, -0.15) is 0 Å². The van der Waals surface area contributed by atoms with Crippen molar-refractivity contribution in [2.24, 2.45) is 5.92 Å². The fourth-order valence-electron chi connectivity index (χ4n) is 1.40. The van der Waals surface area contributed by atoms with Crippen LogP contribution < -0.4 is 0 Å². The molecule has 0 aromatic heterocycles. The van der Waals surface area contributed by atoms with Gasteiger partial charge in [0.15, 0.2) is 0 Å². The molecule has 1 saturated carbocycles. The van der Waals surface area contributed by atoms with Crippen molar-refractivity contribution in [1.29, 1.82) is 0 Å². The Labute approximate surface area is 108 Å². The molecule has 1 atom stereocenters. The Balaban J connectivity index is 1.96. The van der Waals surface area contributed by atoms with E-state index in [0.29, 0.717) is 6.42 Å². The number of hydrogen-bond acceptors (Lipinski definition) is 4. The minimum Gasteiger partial charge on any atom is -0.508 e. The van der Waals surface area contributed by atoms with Gasteiger partial charge in [0.25, 0.3) is 0 Å². The van der Waals surface area contributed by atoms with E-state index in [4.69, 9.17) is 33.0 Å². The topological polar surface area (TPSA) is 66.8 Å². The third kappa shape index (κ3) is 2.76. The van der Waals surface area contributed by atoms with E-state index in [1.54, 1.807) is 0 Å². The number of aromatic hydroxyl groups is 2. The number of carbonyl (C=O) groups is 1. The quantitative estimate of drug-likeness (QED) is 0.657. The maximum absolute atomic E-state index is 11.6. The zero-order valence-corrected chi connectivity index (χ0v) is 10.2. The van der Waals surface area contributed by atoms with E-state index in [1.165, 1.54) is 12.1 Å². The molecule has 0 amide bonds. The number of ether oxygens (including phenoxy) is 1. The minimum atomic E-state index is -0.794. The molecular weight excluding hydrogens is 267 g/mol. The molecule has 0 heterocycles. The second-order valence-electron chi connectivity index (χ2n) is 3.96. The molecule has 2 N–H and O–H groups in total. The van der Waals surface area contributed by atoms with Crippen molar-refractivity contribution in [2.75, 3.05) is 6.61 Å². The highest BCUT2D eigenvalue weighted by atomic mass is 35.5. The Kier molecular flexibility index (Phi) is 3.10. The Morgan fingerprint density at radius 1 is 1.47 bits per heavy atom. The number of halogens is 2. The van der Waals surface area contributed by atoms with Crippen LogP contribution in [0.3, 0.4) is 0 Å².